The van der Waals surface area contributed by atoms with Crippen LogP contribution in [0.4, 0.5) is 0 Å². The van der Waals surface area contributed by atoms with Crippen LogP contribution >= 0.6 is 0 Å². The quantitative estimate of drug-likeness (QED) is 0.661. The molecule has 128 valence electrons. The highest BCUT2D eigenvalue weighted by Gasteiger charge is 2.09. The molecule has 4 nitrogen and oxygen atoms in total. The fraction of sp³-hybridized carbons (Fsp3) is 0.350. The van der Waals surface area contributed by atoms with Gasteiger partial charge in [-0.15, -0.1) is 0 Å². The van der Waals surface area contributed by atoms with Gasteiger partial charge in [0.05, 0.1) is 11.7 Å². The lowest BCUT2D eigenvalue weighted by Crippen LogP contribution is -2.01. The topological polar surface area (TPSA) is 66.8 Å². The molecule has 0 radical (unpaired) electrons. The van der Waals surface area contributed by atoms with E-state index in [0.717, 1.165) is 36.8 Å². The van der Waals surface area contributed by atoms with Crippen molar-refractivity contribution in [3.8, 4) is 5.75 Å². The highest BCUT2D eigenvalue weighted by molar-refractivity contribution is 5.87. The van der Waals surface area contributed by atoms with Crippen molar-refractivity contribution in [3.63, 3.8) is 0 Å². The number of carboxylic acid groups (broad SMARTS) is 1. The average molecular weight is 328 g/mol. The van der Waals surface area contributed by atoms with Crippen LogP contribution in [-0.2, 0) is 6.61 Å². The van der Waals surface area contributed by atoms with Crippen molar-refractivity contribution in [3.05, 3.63) is 65.2 Å². The minimum absolute atomic E-state index is 0.246. The number of hydrogen-bond acceptors (Lipinski definition) is 3. The molecule has 2 N–H and O–H groups in total. The van der Waals surface area contributed by atoms with E-state index >= 15 is 0 Å². The van der Waals surface area contributed by atoms with Gasteiger partial charge in [0.25, 0.3) is 0 Å². The van der Waals surface area contributed by atoms with Crippen molar-refractivity contribution in [2.45, 2.75) is 45.3 Å². The van der Waals surface area contributed by atoms with Gasteiger partial charge in [0.1, 0.15) is 12.4 Å². The summed E-state index contributed by atoms with van der Waals surface area (Å²) in [5, 5.41) is 19.2. The lowest BCUT2D eigenvalue weighted by Gasteiger charge is -2.13. The molecule has 0 aliphatic rings. The zero-order chi connectivity index (χ0) is 17.4. The standard InChI is InChI=1S/C20H24O4/c1-2-3-4-11-19(21)16-8-6-10-18(13-16)24-14-15-7-5-9-17(12-15)20(22)23/h5-10,12-13,19,21H,2-4,11,14H2,1H3,(H,22,23)/t19-/m0/s1. The van der Waals surface area contributed by atoms with E-state index < -0.39 is 12.1 Å². The number of unbranched alkanes of at least 4 members (excludes halogenated alkanes) is 2. The zero-order valence-corrected chi connectivity index (χ0v) is 13.9. The van der Waals surface area contributed by atoms with Crippen LogP contribution in [0.25, 0.3) is 0 Å². The minimum atomic E-state index is -0.950. The largest absolute Gasteiger partial charge is 0.489 e. The van der Waals surface area contributed by atoms with Crippen LogP contribution in [-0.4, -0.2) is 16.2 Å². The first-order valence-corrected chi connectivity index (χ1v) is 8.33. The molecule has 0 bridgehead atoms. The van der Waals surface area contributed by atoms with Gasteiger partial charge in [0.15, 0.2) is 0 Å². The summed E-state index contributed by atoms with van der Waals surface area (Å²) in [5.41, 5.74) is 1.89. The van der Waals surface area contributed by atoms with Gasteiger partial charge in [-0.2, -0.15) is 0 Å². The monoisotopic (exact) mass is 328 g/mol. The number of aromatic carboxylic acids is 1. The lowest BCUT2D eigenvalue weighted by molar-refractivity contribution is 0.0696. The molecule has 0 amide bonds. The minimum Gasteiger partial charge on any atom is -0.489 e. The normalized spacial score (nSPS) is 11.9. The summed E-state index contributed by atoms with van der Waals surface area (Å²) in [6.07, 6.45) is 3.52. The van der Waals surface area contributed by atoms with Crippen LogP contribution in [0.15, 0.2) is 48.5 Å². The fourth-order valence-electron chi connectivity index (χ4n) is 2.53. The summed E-state index contributed by atoms with van der Waals surface area (Å²) in [5.74, 6) is -0.281. The van der Waals surface area contributed by atoms with E-state index in [4.69, 9.17) is 9.84 Å². The first-order valence-electron chi connectivity index (χ1n) is 8.33. The Morgan fingerprint density at radius 2 is 1.92 bits per heavy atom. The molecular weight excluding hydrogens is 304 g/mol. The molecule has 4 heteroatoms. The van der Waals surface area contributed by atoms with E-state index in [-0.39, 0.29) is 12.2 Å². The van der Waals surface area contributed by atoms with Gasteiger partial charge in [-0.3, -0.25) is 0 Å². The van der Waals surface area contributed by atoms with Gasteiger partial charge in [-0.1, -0.05) is 50.5 Å². The van der Waals surface area contributed by atoms with Crippen molar-refractivity contribution in [1.29, 1.82) is 0 Å². The summed E-state index contributed by atoms with van der Waals surface area (Å²) >= 11 is 0. The van der Waals surface area contributed by atoms with E-state index in [1.807, 2.05) is 30.3 Å². The number of ether oxygens (including phenoxy) is 1. The molecule has 0 spiro atoms. The van der Waals surface area contributed by atoms with Gasteiger partial charge in [0, 0.05) is 0 Å². The summed E-state index contributed by atoms with van der Waals surface area (Å²) < 4.78 is 5.74. The molecule has 1 atom stereocenters. The van der Waals surface area contributed by atoms with Crippen molar-refractivity contribution < 1.29 is 19.7 Å². The Balaban J connectivity index is 1.97. The first kappa shape index (κ1) is 18.0. The van der Waals surface area contributed by atoms with E-state index in [9.17, 15) is 9.90 Å². The van der Waals surface area contributed by atoms with Gasteiger partial charge in [-0.05, 0) is 41.8 Å². The number of carbonyl (C=O) groups is 1. The molecule has 0 heterocycles. The summed E-state index contributed by atoms with van der Waals surface area (Å²) in [6.45, 7) is 2.43. The third-order valence-corrected chi connectivity index (χ3v) is 3.90. The molecule has 24 heavy (non-hydrogen) atoms. The predicted molar refractivity (Wildman–Crippen MR) is 93.3 cm³/mol. The number of benzene rings is 2. The molecule has 0 unspecified atom stereocenters. The maximum atomic E-state index is 11.0. The third kappa shape index (κ3) is 5.39. The SMILES string of the molecule is CCCCC[C@H](O)c1cccc(OCc2cccc(C(=O)O)c2)c1. The molecule has 0 fully saturated rings. The Labute approximate surface area is 142 Å². The van der Waals surface area contributed by atoms with Gasteiger partial charge in [-0.25, -0.2) is 4.79 Å². The first-order chi connectivity index (χ1) is 11.6. The third-order valence-electron chi connectivity index (χ3n) is 3.90. The van der Waals surface area contributed by atoms with Crippen LogP contribution in [0, 0.1) is 0 Å². The van der Waals surface area contributed by atoms with E-state index in [1.165, 1.54) is 0 Å². The maximum absolute atomic E-state index is 11.0. The van der Waals surface area contributed by atoms with Gasteiger partial charge < -0.3 is 14.9 Å². The zero-order valence-electron chi connectivity index (χ0n) is 13.9. The predicted octanol–water partition coefficient (Wildman–Crippen LogP) is 4.58. The van der Waals surface area contributed by atoms with Crippen LogP contribution in [0.5, 0.6) is 5.75 Å². The Hall–Kier alpha value is -2.33. The van der Waals surface area contributed by atoms with Crippen LogP contribution < -0.4 is 4.74 Å². The van der Waals surface area contributed by atoms with Gasteiger partial charge >= 0.3 is 5.97 Å². The number of carboxylic acids is 1. The lowest BCUT2D eigenvalue weighted by atomic mass is 10.0. The van der Waals surface area contributed by atoms with Crippen LogP contribution in [0.2, 0.25) is 0 Å². The van der Waals surface area contributed by atoms with Crippen molar-refractivity contribution in [2.24, 2.45) is 0 Å². The van der Waals surface area contributed by atoms with Crippen molar-refractivity contribution in [2.75, 3.05) is 0 Å². The molecule has 0 aromatic heterocycles. The molecule has 0 saturated heterocycles. The number of rotatable bonds is 9. The van der Waals surface area contributed by atoms with Crippen LogP contribution in [0.1, 0.15) is 60.2 Å². The van der Waals surface area contributed by atoms with E-state index in [1.54, 1.807) is 18.2 Å². The highest BCUT2D eigenvalue weighted by Crippen LogP contribution is 2.24. The number of aliphatic hydroxyl groups excluding tert-OH is 1. The second kappa shape index (κ2) is 9.08. The average Bonchev–Trinajstić information content (AvgIpc) is 2.60. The Bertz CT molecular complexity index is 666. The summed E-state index contributed by atoms with van der Waals surface area (Å²) in [6, 6.07) is 14.1. The molecule has 0 saturated carbocycles. The van der Waals surface area contributed by atoms with Crippen molar-refractivity contribution in [1.82, 2.24) is 0 Å². The molecule has 2 aromatic carbocycles. The van der Waals surface area contributed by atoms with E-state index in [0.29, 0.717) is 5.75 Å². The van der Waals surface area contributed by atoms with Gasteiger partial charge in [0.2, 0.25) is 0 Å². The fourth-order valence-corrected chi connectivity index (χ4v) is 2.53. The second-order valence-electron chi connectivity index (χ2n) is 5.88. The molecular formula is C20H24O4. The number of hydrogen-bond donors (Lipinski definition) is 2. The van der Waals surface area contributed by atoms with E-state index in [2.05, 4.69) is 6.92 Å². The molecule has 2 aromatic rings. The molecule has 0 aliphatic carbocycles. The number of aliphatic hydroxyl groups is 1. The molecule has 0 aliphatic heterocycles. The Morgan fingerprint density at radius 3 is 2.67 bits per heavy atom. The van der Waals surface area contributed by atoms with Crippen molar-refractivity contribution >= 4 is 5.97 Å². The Morgan fingerprint density at radius 1 is 1.12 bits per heavy atom. The van der Waals surface area contributed by atoms with Crippen LogP contribution in [0.3, 0.4) is 0 Å². The summed E-state index contributed by atoms with van der Waals surface area (Å²) in [7, 11) is 0. The summed E-state index contributed by atoms with van der Waals surface area (Å²) in [4.78, 5) is 11.0. The Kier molecular flexibility index (Phi) is 6.82. The maximum Gasteiger partial charge on any atom is 0.335 e. The smallest absolute Gasteiger partial charge is 0.335 e. The molecule has 2 rings (SSSR count). The second-order valence-corrected chi connectivity index (χ2v) is 5.88. The highest BCUT2D eigenvalue weighted by atomic mass is 16.5.